The molecule has 1 aromatic rings. The molecule has 0 radical (unpaired) electrons. The van der Waals surface area contributed by atoms with Crippen LogP contribution >= 0.6 is 0 Å². The summed E-state index contributed by atoms with van der Waals surface area (Å²) in [7, 11) is 1.08. The van der Waals surface area contributed by atoms with Crippen LogP contribution in [0.3, 0.4) is 0 Å². The second kappa shape index (κ2) is 15.5. The van der Waals surface area contributed by atoms with Crippen molar-refractivity contribution in [3.63, 3.8) is 0 Å². The summed E-state index contributed by atoms with van der Waals surface area (Å²) in [4.78, 5) is 65.2. The molecule has 1 rings (SSSR count). The average molecular weight is 516 g/mol. The second-order valence-corrected chi connectivity index (χ2v) is 8.00. The fraction of sp³-hybridized carbons (Fsp3) is 0.522. The Labute approximate surface area is 207 Å². The van der Waals surface area contributed by atoms with Gasteiger partial charge in [0.05, 0.1) is 19.1 Å². The van der Waals surface area contributed by atoms with E-state index in [-0.39, 0.29) is 24.7 Å². The highest BCUT2D eigenvalue weighted by Gasteiger charge is 2.29. The minimum Gasteiger partial charge on any atom is -0.469 e. The number of benzene rings is 1. The number of amides is 2. The summed E-state index contributed by atoms with van der Waals surface area (Å²) in [6.45, 7) is 3.12. The van der Waals surface area contributed by atoms with Gasteiger partial charge in [-0.2, -0.15) is 5.48 Å². The van der Waals surface area contributed by atoms with Crippen molar-refractivity contribution < 1.29 is 47.1 Å². The Morgan fingerprint density at radius 3 is 2.14 bits per heavy atom. The highest BCUT2D eigenvalue weighted by atomic mass is 19.1. The first-order valence-corrected chi connectivity index (χ1v) is 11.1. The van der Waals surface area contributed by atoms with Gasteiger partial charge in [0.1, 0.15) is 43.8 Å². The lowest BCUT2D eigenvalue weighted by molar-refractivity contribution is -0.143. The number of carbonyl (C=O) groups excluding carboxylic acids is 5. The van der Waals surface area contributed by atoms with Crippen LogP contribution in [0.5, 0.6) is 0 Å². The van der Waals surface area contributed by atoms with Crippen molar-refractivity contribution in [1.29, 1.82) is 0 Å². The Hall–Kier alpha value is -3.45. The molecule has 36 heavy (non-hydrogen) atoms. The van der Waals surface area contributed by atoms with E-state index in [0.717, 1.165) is 19.2 Å². The molecule has 0 aromatic heterocycles. The van der Waals surface area contributed by atoms with Gasteiger partial charge < -0.3 is 20.1 Å². The molecule has 0 saturated carbocycles. The number of hydroxylamine groups is 1. The molecule has 0 aliphatic heterocycles. The number of hydrogen-bond acceptors (Lipinski definition) is 9. The van der Waals surface area contributed by atoms with E-state index in [1.165, 1.54) is 19.1 Å². The highest BCUT2D eigenvalue weighted by Crippen LogP contribution is 2.06. The lowest BCUT2D eigenvalue weighted by Crippen LogP contribution is -2.55. The highest BCUT2D eigenvalue weighted by molar-refractivity contribution is 5.95. The molecule has 200 valence electrons. The van der Waals surface area contributed by atoms with Gasteiger partial charge in [-0.1, -0.05) is 13.8 Å². The van der Waals surface area contributed by atoms with Gasteiger partial charge in [-0.05, 0) is 37.1 Å². The van der Waals surface area contributed by atoms with E-state index in [4.69, 9.17) is 9.57 Å². The number of methoxy groups -OCH3 is 1. The van der Waals surface area contributed by atoms with Crippen LogP contribution in [-0.2, 0) is 33.5 Å². The number of rotatable bonds is 15. The number of halogens is 2. The number of hydrogen-bond donors (Lipinski definition) is 3. The molecule has 2 amide bonds. The number of alkyl halides is 1. The van der Waals surface area contributed by atoms with Crippen molar-refractivity contribution in [3.8, 4) is 0 Å². The number of esters is 2. The van der Waals surface area contributed by atoms with E-state index in [1.54, 1.807) is 13.8 Å². The minimum absolute atomic E-state index is 0.111. The van der Waals surface area contributed by atoms with E-state index in [9.17, 15) is 32.8 Å². The Kier molecular flexibility index (Phi) is 13.2. The molecule has 0 aliphatic carbocycles. The normalized spacial score (nSPS) is 13.3. The maximum absolute atomic E-state index is 12.9. The van der Waals surface area contributed by atoms with Crippen LogP contribution in [0.15, 0.2) is 24.3 Å². The molecule has 1 aromatic carbocycles. The molecular weight excluding hydrogens is 484 g/mol. The molecule has 11 nitrogen and oxygen atoms in total. The summed E-state index contributed by atoms with van der Waals surface area (Å²) in [5, 5.41) is 4.67. The maximum atomic E-state index is 12.9. The topological polar surface area (TPSA) is 149 Å². The van der Waals surface area contributed by atoms with Gasteiger partial charge in [0.2, 0.25) is 11.8 Å². The van der Waals surface area contributed by atoms with Gasteiger partial charge in [-0.15, -0.1) is 0 Å². The van der Waals surface area contributed by atoms with E-state index < -0.39 is 66.6 Å². The van der Waals surface area contributed by atoms with Crippen molar-refractivity contribution in [3.05, 3.63) is 35.6 Å². The first kappa shape index (κ1) is 30.6. The molecule has 3 atom stereocenters. The molecule has 0 aliphatic rings. The third-order valence-electron chi connectivity index (χ3n) is 4.85. The van der Waals surface area contributed by atoms with Crippen LogP contribution in [0.25, 0.3) is 0 Å². The average Bonchev–Trinajstić information content (AvgIpc) is 2.84. The third-order valence-corrected chi connectivity index (χ3v) is 4.85. The van der Waals surface area contributed by atoms with Gasteiger partial charge in [0.15, 0.2) is 5.78 Å². The lowest BCUT2D eigenvalue weighted by atomic mass is 10.0. The molecular formula is C23H31F2N3O8. The van der Waals surface area contributed by atoms with E-state index >= 15 is 0 Å². The van der Waals surface area contributed by atoms with Gasteiger partial charge in [-0.3, -0.25) is 24.0 Å². The van der Waals surface area contributed by atoms with Gasteiger partial charge in [0.25, 0.3) is 0 Å². The fourth-order valence-corrected chi connectivity index (χ4v) is 2.74. The van der Waals surface area contributed by atoms with Crippen LogP contribution in [-0.4, -0.2) is 74.7 Å². The molecule has 0 heterocycles. The molecule has 3 N–H and O–H groups in total. The quantitative estimate of drug-likeness (QED) is 0.174. The Morgan fingerprint density at radius 2 is 1.58 bits per heavy atom. The SMILES string of the molecule is COC(=O)CC(NC(=O)C(C)NC(=O)C(NOCCOC(=O)c1ccc(F)cc1)C(C)C)C(=O)CF. The smallest absolute Gasteiger partial charge is 0.338 e. The van der Waals surface area contributed by atoms with Crippen LogP contribution in [0, 0.1) is 11.7 Å². The maximum Gasteiger partial charge on any atom is 0.338 e. The lowest BCUT2D eigenvalue weighted by Gasteiger charge is -2.24. The van der Waals surface area contributed by atoms with Crippen LogP contribution < -0.4 is 16.1 Å². The first-order valence-electron chi connectivity index (χ1n) is 11.1. The number of carbonyl (C=O) groups is 5. The standard InChI is InChI=1S/C23H31F2N3O8/c1-13(2)20(28-36-10-9-35-23(33)15-5-7-16(25)8-6-15)22(32)26-14(3)21(31)27-17(18(29)12-24)11-19(30)34-4/h5-8,13-14,17,20,28H,9-12H2,1-4H3,(H,26,32)(H,27,31). The number of nitrogens with one attached hydrogen (secondary N) is 3. The van der Waals surface area contributed by atoms with Gasteiger partial charge in [-0.25, -0.2) is 13.6 Å². The molecule has 0 spiro atoms. The second-order valence-electron chi connectivity index (χ2n) is 8.00. The zero-order chi connectivity index (χ0) is 27.3. The summed E-state index contributed by atoms with van der Waals surface area (Å²) in [5.41, 5.74) is 2.70. The van der Waals surface area contributed by atoms with Crippen molar-refractivity contribution in [2.45, 2.75) is 45.3 Å². The van der Waals surface area contributed by atoms with Crippen LogP contribution in [0.1, 0.15) is 37.6 Å². The zero-order valence-corrected chi connectivity index (χ0v) is 20.5. The van der Waals surface area contributed by atoms with Gasteiger partial charge >= 0.3 is 11.9 Å². The summed E-state index contributed by atoms with van der Waals surface area (Å²) < 4.78 is 35.1. The number of ether oxygens (including phenoxy) is 2. The largest absolute Gasteiger partial charge is 0.469 e. The molecule has 0 fully saturated rings. The van der Waals surface area contributed by atoms with E-state index in [2.05, 4.69) is 20.9 Å². The van der Waals surface area contributed by atoms with Crippen molar-refractivity contribution in [1.82, 2.24) is 16.1 Å². The predicted octanol–water partition coefficient (Wildman–Crippen LogP) is 0.620. The number of ketones is 1. The van der Waals surface area contributed by atoms with E-state index in [1.807, 2.05) is 0 Å². The zero-order valence-electron chi connectivity index (χ0n) is 20.5. The molecule has 3 unspecified atom stereocenters. The van der Waals surface area contributed by atoms with Crippen LogP contribution in [0.2, 0.25) is 0 Å². The molecule has 0 saturated heterocycles. The Morgan fingerprint density at radius 1 is 0.944 bits per heavy atom. The Bertz CT molecular complexity index is 911. The minimum atomic E-state index is -1.44. The van der Waals surface area contributed by atoms with Crippen LogP contribution in [0.4, 0.5) is 8.78 Å². The van der Waals surface area contributed by atoms with Crippen molar-refractivity contribution >= 4 is 29.5 Å². The molecule has 13 heteroatoms. The van der Waals surface area contributed by atoms with Crippen molar-refractivity contribution in [2.24, 2.45) is 5.92 Å². The summed E-state index contributed by atoms with van der Waals surface area (Å²) in [5.74, 6) is -4.70. The number of Topliss-reactive ketones (excluding diaryl/α,β-unsaturated/α-hetero) is 1. The Balaban J connectivity index is 2.54. The summed E-state index contributed by atoms with van der Waals surface area (Å²) in [6.07, 6.45) is -0.554. The molecule has 0 bridgehead atoms. The predicted molar refractivity (Wildman–Crippen MR) is 122 cm³/mol. The van der Waals surface area contributed by atoms with E-state index in [0.29, 0.717) is 0 Å². The summed E-state index contributed by atoms with van der Waals surface area (Å²) >= 11 is 0. The monoisotopic (exact) mass is 515 g/mol. The third kappa shape index (κ3) is 10.4. The van der Waals surface area contributed by atoms with Crippen molar-refractivity contribution in [2.75, 3.05) is 27.0 Å². The first-order chi connectivity index (χ1) is 17.0. The fourth-order valence-electron chi connectivity index (χ4n) is 2.74. The summed E-state index contributed by atoms with van der Waals surface area (Å²) in [6, 6.07) is 1.32. The van der Waals surface area contributed by atoms with Gasteiger partial charge in [0, 0.05) is 0 Å².